The zero-order valence-corrected chi connectivity index (χ0v) is 14.9. The summed E-state index contributed by atoms with van der Waals surface area (Å²) in [5.41, 5.74) is 2.44. The van der Waals surface area contributed by atoms with Crippen LogP contribution in [0.5, 0.6) is 0 Å². The molecular formula is C17H26ClN3O2. The predicted octanol–water partition coefficient (Wildman–Crippen LogP) is 1.62. The number of benzene rings is 1. The van der Waals surface area contributed by atoms with Crippen LogP contribution in [0.4, 0.5) is 0 Å². The number of aryl methyl sites for hydroxylation is 1. The Bertz CT molecular complexity index is 533. The number of nitrogens with one attached hydrogen (secondary N) is 1. The quantitative estimate of drug-likeness (QED) is 0.907. The van der Waals surface area contributed by atoms with E-state index in [1.54, 1.807) is 7.05 Å². The molecule has 0 saturated carbocycles. The highest BCUT2D eigenvalue weighted by molar-refractivity contribution is 5.85. The minimum atomic E-state index is -0.0904. The summed E-state index contributed by atoms with van der Waals surface area (Å²) in [6.07, 6.45) is 1.01. The zero-order chi connectivity index (χ0) is 16.1. The maximum atomic E-state index is 12.5. The summed E-state index contributed by atoms with van der Waals surface area (Å²) in [7, 11) is 1.66. The topological polar surface area (TPSA) is 52.7 Å². The SMILES string of the molecule is CCc1ccc(C2CNCCN2C(=O)CN(C)C(C)=O)cc1.Cl. The zero-order valence-electron chi connectivity index (χ0n) is 14.0. The lowest BCUT2D eigenvalue weighted by Gasteiger charge is -2.37. The van der Waals surface area contributed by atoms with Gasteiger partial charge in [-0.15, -0.1) is 12.4 Å². The summed E-state index contributed by atoms with van der Waals surface area (Å²) < 4.78 is 0. The van der Waals surface area contributed by atoms with E-state index in [9.17, 15) is 9.59 Å². The van der Waals surface area contributed by atoms with Crippen molar-refractivity contribution in [3.05, 3.63) is 35.4 Å². The number of nitrogens with zero attached hydrogens (tertiary/aromatic N) is 2. The molecule has 0 radical (unpaired) electrons. The van der Waals surface area contributed by atoms with Crippen LogP contribution in [0.25, 0.3) is 0 Å². The molecule has 6 heteroatoms. The predicted molar refractivity (Wildman–Crippen MR) is 93.7 cm³/mol. The first kappa shape index (κ1) is 19.5. The van der Waals surface area contributed by atoms with Gasteiger partial charge in [-0.05, 0) is 17.5 Å². The van der Waals surface area contributed by atoms with Crippen LogP contribution in [0.15, 0.2) is 24.3 Å². The van der Waals surface area contributed by atoms with Crippen molar-refractivity contribution in [3.63, 3.8) is 0 Å². The van der Waals surface area contributed by atoms with E-state index in [0.717, 1.165) is 25.1 Å². The second-order valence-electron chi connectivity index (χ2n) is 5.78. The van der Waals surface area contributed by atoms with Crippen LogP contribution in [-0.2, 0) is 16.0 Å². The summed E-state index contributed by atoms with van der Waals surface area (Å²) in [4.78, 5) is 27.2. The molecule has 1 N–H and O–H groups in total. The van der Waals surface area contributed by atoms with E-state index < -0.39 is 0 Å². The molecule has 0 spiro atoms. The fourth-order valence-electron chi connectivity index (χ4n) is 2.68. The molecule has 128 valence electrons. The highest BCUT2D eigenvalue weighted by atomic mass is 35.5. The van der Waals surface area contributed by atoms with Crippen molar-refractivity contribution in [1.82, 2.24) is 15.1 Å². The van der Waals surface area contributed by atoms with Crippen molar-refractivity contribution in [2.75, 3.05) is 33.2 Å². The van der Waals surface area contributed by atoms with E-state index in [-0.39, 0.29) is 36.8 Å². The van der Waals surface area contributed by atoms with Gasteiger partial charge in [0, 0.05) is 33.6 Å². The van der Waals surface area contributed by atoms with Gasteiger partial charge in [0.1, 0.15) is 0 Å². The van der Waals surface area contributed by atoms with Crippen LogP contribution in [0.3, 0.4) is 0 Å². The van der Waals surface area contributed by atoms with Crippen LogP contribution in [0, 0.1) is 0 Å². The summed E-state index contributed by atoms with van der Waals surface area (Å²) in [6.45, 7) is 5.96. The number of halogens is 1. The Morgan fingerprint density at radius 3 is 2.52 bits per heavy atom. The number of rotatable bonds is 4. The van der Waals surface area contributed by atoms with Gasteiger partial charge >= 0.3 is 0 Å². The molecule has 1 atom stereocenters. The third-order valence-electron chi connectivity index (χ3n) is 4.25. The van der Waals surface area contributed by atoms with Gasteiger partial charge in [-0.1, -0.05) is 31.2 Å². The molecule has 0 bridgehead atoms. The molecule has 1 heterocycles. The fourth-order valence-corrected chi connectivity index (χ4v) is 2.68. The van der Waals surface area contributed by atoms with Gasteiger partial charge < -0.3 is 15.1 Å². The molecule has 0 aromatic heterocycles. The van der Waals surface area contributed by atoms with Crippen LogP contribution >= 0.6 is 12.4 Å². The molecular weight excluding hydrogens is 314 g/mol. The Morgan fingerprint density at radius 2 is 1.96 bits per heavy atom. The molecule has 1 saturated heterocycles. The van der Waals surface area contributed by atoms with Gasteiger partial charge in [-0.2, -0.15) is 0 Å². The number of hydrogen-bond acceptors (Lipinski definition) is 3. The van der Waals surface area contributed by atoms with Crippen LogP contribution < -0.4 is 5.32 Å². The van der Waals surface area contributed by atoms with E-state index in [2.05, 4.69) is 36.5 Å². The number of hydrogen-bond donors (Lipinski definition) is 1. The van der Waals surface area contributed by atoms with Gasteiger partial charge in [0.05, 0.1) is 12.6 Å². The molecule has 1 aromatic carbocycles. The third-order valence-corrected chi connectivity index (χ3v) is 4.25. The Labute approximate surface area is 144 Å². The van der Waals surface area contributed by atoms with Crippen LogP contribution in [0.2, 0.25) is 0 Å². The Hall–Kier alpha value is -1.59. The first-order valence-electron chi connectivity index (χ1n) is 7.83. The largest absolute Gasteiger partial charge is 0.337 e. The smallest absolute Gasteiger partial charge is 0.242 e. The van der Waals surface area contributed by atoms with Crippen LogP contribution in [-0.4, -0.2) is 54.8 Å². The van der Waals surface area contributed by atoms with Gasteiger partial charge in [-0.3, -0.25) is 9.59 Å². The van der Waals surface area contributed by atoms with Crippen LogP contribution in [0.1, 0.15) is 31.0 Å². The first-order chi connectivity index (χ1) is 10.5. The monoisotopic (exact) mass is 339 g/mol. The van der Waals surface area contributed by atoms with Crippen molar-refractivity contribution in [2.45, 2.75) is 26.3 Å². The molecule has 0 aliphatic carbocycles. The fraction of sp³-hybridized carbons (Fsp3) is 0.529. The van der Waals surface area contributed by atoms with Crippen molar-refractivity contribution in [1.29, 1.82) is 0 Å². The Kier molecular flexibility index (Phi) is 7.52. The number of piperazine rings is 1. The summed E-state index contributed by atoms with van der Waals surface area (Å²) in [5, 5.41) is 3.35. The lowest BCUT2D eigenvalue weighted by molar-refractivity contribution is -0.140. The van der Waals surface area contributed by atoms with E-state index >= 15 is 0 Å². The highest BCUT2D eigenvalue weighted by Crippen LogP contribution is 2.23. The number of carbonyl (C=O) groups is 2. The lowest BCUT2D eigenvalue weighted by Crippen LogP contribution is -2.51. The maximum Gasteiger partial charge on any atom is 0.242 e. The molecule has 23 heavy (non-hydrogen) atoms. The number of amides is 2. The van der Waals surface area contributed by atoms with Crippen molar-refractivity contribution >= 4 is 24.2 Å². The normalized spacial score (nSPS) is 17.3. The molecule has 1 aromatic rings. The van der Waals surface area contributed by atoms with Crippen molar-refractivity contribution in [2.24, 2.45) is 0 Å². The van der Waals surface area contributed by atoms with Gasteiger partial charge in [-0.25, -0.2) is 0 Å². The van der Waals surface area contributed by atoms with Gasteiger partial charge in [0.2, 0.25) is 11.8 Å². The molecule has 2 amide bonds. The second-order valence-corrected chi connectivity index (χ2v) is 5.78. The van der Waals surface area contributed by atoms with Crippen molar-refractivity contribution < 1.29 is 9.59 Å². The molecule has 5 nitrogen and oxygen atoms in total. The molecule has 1 unspecified atom stereocenters. The van der Waals surface area contributed by atoms with E-state index in [0.29, 0.717) is 6.54 Å². The van der Waals surface area contributed by atoms with E-state index in [1.807, 2.05) is 4.90 Å². The molecule has 1 aliphatic rings. The Morgan fingerprint density at radius 1 is 1.30 bits per heavy atom. The number of carbonyl (C=O) groups excluding carboxylic acids is 2. The summed E-state index contributed by atoms with van der Waals surface area (Å²) in [6, 6.07) is 8.48. The Balaban J connectivity index is 0.00000264. The van der Waals surface area contributed by atoms with E-state index in [1.165, 1.54) is 17.4 Å². The molecule has 2 rings (SSSR count). The first-order valence-corrected chi connectivity index (χ1v) is 7.83. The number of likely N-dealkylation sites (N-methyl/N-ethyl adjacent to an activating group) is 1. The second kappa shape index (κ2) is 8.89. The highest BCUT2D eigenvalue weighted by Gasteiger charge is 2.28. The average molecular weight is 340 g/mol. The summed E-state index contributed by atoms with van der Waals surface area (Å²) >= 11 is 0. The van der Waals surface area contributed by atoms with Gasteiger partial charge in [0.25, 0.3) is 0 Å². The minimum absolute atomic E-state index is 0. The average Bonchev–Trinajstić information content (AvgIpc) is 2.54. The standard InChI is InChI=1S/C17H25N3O2.ClH/c1-4-14-5-7-15(8-6-14)16-11-18-9-10-20(16)17(22)12-19(3)13(2)21;/h5-8,16,18H,4,9-12H2,1-3H3;1H. The minimum Gasteiger partial charge on any atom is -0.337 e. The van der Waals surface area contributed by atoms with E-state index in [4.69, 9.17) is 0 Å². The summed E-state index contributed by atoms with van der Waals surface area (Å²) in [5.74, 6) is -0.0869. The maximum absolute atomic E-state index is 12.5. The molecule has 1 aliphatic heterocycles. The van der Waals surface area contributed by atoms with Crippen molar-refractivity contribution in [3.8, 4) is 0 Å². The molecule has 1 fully saturated rings. The third kappa shape index (κ3) is 4.94. The lowest BCUT2D eigenvalue weighted by atomic mass is 10.0. The van der Waals surface area contributed by atoms with Gasteiger partial charge in [0.15, 0.2) is 0 Å².